The van der Waals surface area contributed by atoms with Crippen LogP contribution in [-0.4, -0.2) is 45.2 Å². The molecule has 1 saturated heterocycles. The first-order valence-corrected chi connectivity index (χ1v) is 9.50. The predicted octanol–water partition coefficient (Wildman–Crippen LogP) is 2.41. The molecule has 0 spiro atoms. The quantitative estimate of drug-likeness (QED) is 0.684. The van der Waals surface area contributed by atoms with Gasteiger partial charge in [-0.1, -0.05) is 30.3 Å². The molecule has 0 unspecified atom stereocenters. The summed E-state index contributed by atoms with van der Waals surface area (Å²) in [6.07, 6.45) is 0. The van der Waals surface area contributed by atoms with E-state index in [0.29, 0.717) is 12.5 Å². The Morgan fingerprint density at radius 2 is 1.92 bits per heavy atom. The van der Waals surface area contributed by atoms with Crippen molar-refractivity contribution in [3.05, 3.63) is 52.8 Å². The van der Waals surface area contributed by atoms with Gasteiger partial charge in [0.25, 0.3) is 0 Å². The fourth-order valence-electron chi connectivity index (χ4n) is 2.93. The lowest BCUT2D eigenvalue weighted by Crippen LogP contribution is -2.42. The summed E-state index contributed by atoms with van der Waals surface area (Å²) in [6.45, 7) is 7.53. The molecule has 0 radical (unpaired) electrons. The highest BCUT2D eigenvalue weighted by molar-refractivity contribution is 7.99. The third-order valence-electron chi connectivity index (χ3n) is 4.44. The number of hydrogen-bond acceptors (Lipinski definition) is 3. The summed E-state index contributed by atoms with van der Waals surface area (Å²) >= 11 is 1.97. The summed E-state index contributed by atoms with van der Waals surface area (Å²) in [6, 6.07) is 10.4. The van der Waals surface area contributed by atoms with Crippen LogP contribution in [0.25, 0.3) is 0 Å². The van der Waals surface area contributed by atoms with Crippen LogP contribution in [0.2, 0.25) is 0 Å². The number of nitrogens with two attached hydrogens (primary N) is 1. The monoisotopic (exact) mass is 343 g/mol. The second-order valence-corrected chi connectivity index (χ2v) is 7.29. The highest BCUT2D eigenvalue weighted by Crippen LogP contribution is 2.16. The molecule has 2 aromatic rings. The number of guanidine groups is 1. The van der Waals surface area contributed by atoms with Crippen molar-refractivity contribution < 1.29 is 0 Å². The standard InChI is InChI=1S/C18H25N5S/c1-14-17(12-20-18(19)22-8-10-24-11-9-22)15(2)23(21-14)13-16-6-4-3-5-7-16/h3-7H,8-13H2,1-2H3,(H2,19,20). The van der Waals surface area contributed by atoms with E-state index in [9.17, 15) is 0 Å². The molecule has 1 fully saturated rings. The average molecular weight is 344 g/mol. The maximum absolute atomic E-state index is 6.17. The third kappa shape index (κ3) is 3.93. The van der Waals surface area contributed by atoms with Gasteiger partial charge in [-0.3, -0.25) is 4.68 Å². The molecular formula is C18H25N5S. The number of aromatic nitrogens is 2. The molecule has 128 valence electrons. The first-order valence-electron chi connectivity index (χ1n) is 8.34. The van der Waals surface area contributed by atoms with E-state index in [1.165, 1.54) is 16.8 Å². The summed E-state index contributed by atoms with van der Waals surface area (Å²) in [5, 5.41) is 4.69. The van der Waals surface area contributed by atoms with Crippen molar-refractivity contribution in [1.82, 2.24) is 14.7 Å². The maximum atomic E-state index is 6.17. The van der Waals surface area contributed by atoms with E-state index >= 15 is 0 Å². The van der Waals surface area contributed by atoms with Crippen molar-refractivity contribution in [2.45, 2.75) is 26.9 Å². The van der Waals surface area contributed by atoms with Gasteiger partial charge >= 0.3 is 0 Å². The normalized spacial score (nSPS) is 15.8. The molecule has 6 heteroatoms. The second kappa shape index (κ2) is 7.75. The van der Waals surface area contributed by atoms with Crippen LogP contribution in [-0.2, 0) is 13.1 Å². The van der Waals surface area contributed by atoms with Gasteiger partial charge < -0.3 is 10.6 Å². The van der Waals surface area contributed by atoms with Crippen molar-refractivity contribution in [2.24, 2.45) is 10.7 Å². The Morgan fingerprint density at radius 1 is 1.21 bits per heavy atom. The van der Waals surface area contributed by atoms with Gasteiger partial charge in [0.05, 0.1) is 18.8 Å². The van der Waals surface area contributed by atoms with Gasteiger partial charge in [-0.2, -0.15) is 16.9 Å². The van der Waals surface area contributed by atoms with E-state index in [4.69, 9.17) is 5.73 Å². The zero-order valence-electron chi connectivity index (χ0n) is 14.4. The minimum absolute atomic E-state index is 0.599. The van der Waals surface area contributed by atoms with Crippen molar-refractivity contribution in [3.8, 4) is 0 Å². The first-order chi connectivity index (χ1) is 11.6. The van der Waals surface area contributed by atoms with Crippen molar-refractivity contribution in [3.63, 3.8) is 0 Å². The number of benzene rings is 1. The minimum atomic E-state index is 0.599. The smallest absolute Gasteiger partial charge is 0.191 e. The van der Waals surface area contributed by atoms with Crippen molar-refractivity contribution in [2.75, 3.05) is 24.6 Å². The highest BCUT2D eigenvalue weighted by atomic mass is 32.2. The molecule has 1 aromatic heterocycles. The predicted molar refractivity (Wildman–Crippen MR) is 101 cm³/mol. The number of rotatable bonds is 4. The van der Waals surface area contributed by atoms with Gasteiger partial charge in [0, 0.05) is 35.9 Å². The lowest BCUT2D eigenvalue weighted by Gasteiger charge is -2.27. The molecule has 1 aliphatic rings. The average Bonchev–Trinajstić information content (AvgIpc) is 2.88. The van der Waals surface area contributed by atoms with E-state index < -0.39 is 0 Å². The van der Waals surface area contributed by atoms with Crippen LogP contribution in [0.3, 0.4) is 0 Å². The lowest BCUT2D eigenvalue weighted by molar-refractivity contribution is 0.455. The third-order valence-corrected chi connectivity index (χ3v) is 5.38. The molecule has 0 bridgehead atoms. The van der Waals surface area contributed by atoms with Crippen LogP contribution in [0.5, 0.6) is 0 Å². The van der Waals surface area contributed by atoms with Crippen molar-refractivity contribution in [1.29, 1.82) is 0 Å². The van der Waals surface area contributed by atoms with Crippen LogP contribution < -0.4 is 5.73 Å². The van der Waals surface area contributed by atoms with Gasteiger partial charge in [0.1, 0.15) is 0 Å². The zero-order valence-corrected chi connectivity index (χ0v) is 15.2. The van der Waals surface area contributed by atoms with Gasteiger partial charge in [0.15, 0.2) is 5.96 Å². The molecule has 5 nitrogen and oxygen atoms in total. The molecule has 3 rings (SSSR count). The topological polar surface area (TPSA) is 59.4 Å². The largest absolute Gasteiger partial charge is 0.370 e. The Labute approximate surface area is 147 Å². The summed E-state index contributed by atoms with van der Waals surface area (Å²) in [5.74, 6) is 2.91. The number of nitrogens with zero attached hydrogens (tertiary/aromatic N) is 4. The van der Waals surface area contributed by atoms with E-state index in [1.54, 1.807) is 0 Å². The van der Waals surface area contributed by atoms with E-state index in [0.717, 1.165) is 36.8 Å². The Bertz CT molecular complexity index is 702. The molecule has 0 aliphatic carbocycles. The molecule has 0 saturated carbocycles. The number of thioether (sulfide) groups is 1. The summed E-state index contributed by atoms with van der Waals surface area (Å²) in [7, 11) is 0. The van der Waals surface area contributed by atoms with Gasteiger partial charge in [-0.25, -0.2) is 4.99 Å². The number of aliphatic imine (C=N–C) groups is 1. The Morgan fingerprint density at radius 3 is 2.62 bits per heavy atom. The highest BCUT2D eigenvalue weighted by Gasteiger charge is 2.14. The summed E-state index contributed by atoms with van der Waals surface area (Å²) < 4.78 is 2.06. The zero-order chi connectivity index (χ0) is 16.9. The SMILES string of the molecule is Cc1nn(Cc2ccccc2)c(C)c1CN=C(N)N1CCSCC1. The molecule has 24 heavy (non-hydrogen) atoms. The van der Waals surface area contributed by atoms with E-state index in [1.807, 2.05) is 24.8 Å². The van der Waals surface area contributed by atoms with Crippen LogP contribution in [0.4, 0.5) is 0 Å². The van der Waals surface area contributed by atoms with Gasteiger partial charge in [0.2, 0.25) is 0 Å². The van der Waals surface area contributed by atoms with Crippen LogP contribution in [0, 0.1) is 13.8 Å². The van der Waals surface area contributed by atoms with E-state index in [-0.39, 0.29) is 0 Å². The number of hydrogen-bond donors (Lipinski definition) is 1. The lowest BCUT2D eigenvalue weighted by atomic mass is 10.2. The Balaban J connectivity index is 1.72. The minimum Gasteiger partial charge on any atom is -0.370 e. The van der Waals surface area contributed by atoms with Gasteiger partial charge in [-0.05, 0) is 19.4 Å². The van der Waals surface area contributed by atoms with E-state index in [2.05, 4.69) is 50.9 Å². The molecular weight excluding hydrogens is 318 g/mol. The molecule has 0 atom stereocenters. The number of aryl methyl sites for hydroxylation is 1. The fourth-order valence-corrected chi connectivity index (χ4v) is 3.83. The van der Waals surface area contributed by atoms with Crippen molar-refractivity contribution >= 4 is 17.7 Å². The molecule has 1 aliphatic heterocycles. The first kappa shape index (κ1) is 16.9. The Hall–Kier alpha value is -1.95. The maximum Gasteiger partial charge on any atom is 0.191 e. The molecule has 2 N–H and O–H groups in total. The van der Waals surface area contributed by atoms with Crippen LogP contribution in [0.1, 0.15) is 22.5 Å². The fraction of sp³-hybridized carbons (Fsp3) is 0.444. The van der Waals surface area contributed by atoms with Crippen LogP contribution in [0.15, 0.2) is 35.3 Å². The Kier molecular flexibility index (Phi) is 5.45. The van der Waals surface area contributed by atoms with Crippen LogP contribution >= 0.6 is 11.8 Å². The molecule has 2 heterocycles. The second-order valence-electron chi connectivity index (χ2n) is 6.07. The summed E-state index contributed by atoms with van der Waals surface area (Å²) in [5.41, 5.74) is 10.8. The molecule has 0 amide bonds. The van der Waals surface area contributed by atoms with Gasteiger partial charge in [-0.15, -0.1) is 0 Å². The molecule has 1 aromatic carbocycles. The summed E-state index contributed by atoms with van der Waals surface area (Å²) in [4.78, 5) is 6.79.